The van der Waals surface area contributed by atoms with E-state index < -0.39 is 6.09 Å². The monoisotopic (exact) mass is 231 g/mol. The molecule has 17 heavy (non-hydrogen) atoms. The fourth-order valence-corrected chi connectivity index (χ4v) is 1.67. The molecule has 2 aromatic rings. The maximum Gasteiger partial charge on any atom is 0.404 e. The van der Waals surface area contributed by atoms with Gasteiger partial charge in [-0.25, -0.2) is 4.79 Å². The lowest BCUT2D eigenvalue weighted by Crippen LogP contribution is -2.23. The fraction of sp³-hybridized carbons (Fsp3) is 0.167. The Kier molecular flexibility index (Phi) is 3.09. The van der Waals surface area contributed by atoms with Crippen LogP contribution in [-0.4, -0.2) is 22.7 Å². The number of carboxylic acid groups (broad SMARTS) is 1. The average molecular weight is 231 g/mol. The second-order valence-corrected chi connectivity index (χ2v) is 3.73. The lowest BCUT2D eigenvalue weighted by atomic mass is 10.1. The fourth-order valence-electron chi connectivity index (χ4n) is 1.67. The Morgan fingerprint density at radius 1 is 1.47 bits per heavy atom. The van der Waals surface area contributed by atoms with Gasteiger partial charge in [0.25, 0.3) is 0 Å². The molecule has 0 radical (unpaired) electrons. The maximum atomic E-state index is 10.3. The molecule has 0 saturated carbocycles. The van der Waals surface area contributed by atoms with Gasteiger partial charge in [0.1, 0.15) is 0 Å². The van der Waals surface area contributed by atoms with Crippen LogP contribution in [0.5, 0.6) is 0 Å². The van der Waals surface area contributed by atoms with Crippen LogP contribution in [0.1, 0.15) is 5.69 Å². The van der Waals surface area contributed by atoms with Crippen molar-refractivity contribution < 1.29 is 9.90 Å². The van der Waals surface area contributed by atoms with Gasteiger partial charge in [-0.05, 0) is 12.1 Å². The first-order chi connectivity index (χ1) is 8.16. The first-order valence-corrected chi connectivity index (χ1v) is 5.27. The van der Waals surface area contributed by atoms with Gasteiger partial charge in [-0.1, -0.05) is 12.1 Å². The van der Waals surface area contributed by atoms with E-state index in [0.29, 0.717) is 18.7 Å². The van der Waals surface area contributed by atoms with Crippen molar-refractivity contribution in [1.29, 1.82) is 0 Å². The molecular weight excluding hydrogens is 218 g/mol. The number of pyridine rings is 1. The molecule has 0 aliphatic heterocycles. The van der Waals surface area contributed by atoms with Gasteiger partial charge < -0.3 is 16.2 Å². The normalized spacial score (nSPS) is 10.4. The van der Waals surface area contributed by atoms with Crippen LogP contribution in [0.3, 0.4) is 0 Å². The van der Waals surface area contributed by atoms with Crippen molar-refractivity contribution in [3.8, 4) is 0 Å². The Morgan fingerprint density at radius 2 is 2.29 bits per heavy atom. The topological polar surface area (TPSA) is 88.2 Å². The number of carbonyl (C=O) groups is 1. The molecule has 0 spiro atoms. The van der Waals surface area contributed by atoms with Crippen LogP contribution in [0.4, 0.5) is 10.5 Å². The molecule has 0 unspecified atom stereocenters. The zero-order valence-corrected chi connectivity index (χ0v) is 9.18. The number of hydrogen-bond acceptors (Lipinski definition) is 3. The highest BCUT2D eigenvalue weighted by atomic mass is 16.4. The summed E-state index contributed by atoms with van der Waals surface area (Å²) in [5, 5.41) is 12.7. The minimum Gasteiger partial charge on any atom is -0.465 e. The summed E-state index contributed by atoms with van der Waals surface area (Å²) in [6, 6.07) is 7.55. The molecule has 0 atom stereocenters. The number of hydrogen-bond donors (Lipinski definition) is 3. The molecule has 1 aromatic carbocycles. The summed E-state index contributed by atoms with van der Waals surface area (Å²) in [6.07, 6.45) is 1.28. The van der Waals surface area contributed by atoms with Crippen LogP contribution in [0.25, 0.3) is 10.8 Å². The van der Waals surface area contributed by atoms with Crippen molar-refractivity contribution in [3.63, 3.8) is 0 Å². The largest absolute Gasteiger partial charge is 0.465 e. The second kappa shape index (κ2) is 4.69. The van der Waals surface area contributed by atoms with Crippen LogP contribution in [0.15, 0.2) is 30.5 Å². The molecule has 0 bridgehead atoms. The van der Waals surface area contributed by atoms with E-state index in [1.54, 1.807) is 6.20 Å². The van der Waals surface area contributed by atoms with E-state index in [1.165, 1.54) is 0 Å². The van der Waals surface area contributed by atoms with Gasteiger partial charge in [-0.3, -0.25) is 4.98 Å². The van der Waals surface area contributed by atoms with Gasteiger partial charge in [0.05, 0.1) is 0 Å². The van der Waals surface area contributed by atoms with E-state index in [2.05, 4.69) is 10.3 Å². The van der Waals surface area contributed by atoms with Crippen molar-refractivity contribution in [2.45, 2.75) is 6.42 Å². The molecule has 88 valence electrons. The Morgan fingerprint density at radius 3 is 3.06 bits per heavy atom. The number of aromatic nitrogens is 1. The minimum atomic E-state index is -1.02. The highest BCUT2D eigenvalue weighted by Crippen LogP contribution is 2.20. The van der Waals surface area contributed by atoms with Gasteiger partial charge in [-0.2, -0.15) is 0 Å². The van der Waals surface area contributed by atoms with E-state index in [-0.39, 0.29) is 0 Å². The molecule has 4 N–H and O–H groups in total. The molecule has 1 heterocycles. The number of benzene rings is 1. The van der Waals surface area contributed by atoms with Crippen molar-refractivity contribution in [1.82, 2.24) is 10.3 Å². The van der Waals surface area contributed by atoms with E-state index in [1.807, 2.05) is 24.3 Å². The number of nitrogens with zero attached hydrogens (tertiary/aromatic N) is 1. The molecule has 2 rings (SSSR count). The van der Waals surface area contributed by atoms with Gasteiger partial charge >= 0.3 is 6.09 Å². The first kappa shape index (κ1) is 11.2. The maximum absolute atomic E-state index is 10.3. The summed E-state index contributed by atoms with van der Waals surface area (Å²) in [6.45, 7) is 0.348. The van der Waals surface area contributed by atoms with Gasteiger partial charge in [-0.15, -0.1) is 0 Å². The highest BCUT2D eigenvalue weighted by Gasteiger charge is 2.01. The Balaban J connectivity index is 2.19. The molecule has 5 nitrogen and oxygen atoms in total. The number of rotatable bonds is 3. The van der Waals surface area contributed by atoms with E-state index in [9.17, 15) is 4.79 Å². The summed E-state index contributed by atoms with van der Waals surface area (Å²) in [7, 11) is 0. The number of nitrogens with one attached hydrogen (secondary N) is 1. The summed E-state index contributed by atoms with van der Waals surface area (Å²) in [4.78, 5) is 14.6. The predicted molar refractivity (Wildman–Crippen MR) is 65.9 cm³/mol. The Bertz CT molecular complexity index is 554. The first-order valence-electron chi connectivity index (χ1n) is 5.27. The molecule has 0 saturated heterocycles. The lowest BCUT2D eigenvalue weighted by Gasteiger charge is -2.05. The lowest BCUT2D eigenvalue weighted by molar-refractivity contribution is 0.194. The zero-order chi connectivity index (χ0) is 12.3. The smallest absolute Gasteiger partial charge is 0.404 e. The highest BCUT2D eigenvalue weighted by molar-refractivity contribution is 5.92. The predicted octanol–water partition coefficient (Wildman–Crippen LogP) is 1.63. The van der Waals surface area contributed by atoms with Crippen molar-refractivity contribution in [2.75, 3.05) is 12.3 Å². The van der Waals surface area contributed by atoms with E-state index in [4.69, 9.17) is 10.8 Å². The third-order valence-electron chi connectivity index (χ3n) is 2.51. The van der Waals surface area contributed by atoms with Gasteiger partial charge in [0, 0.05) is 41.3 Å². The second-order valence-electron chi connectivity index (χ2n) is 3.73. The van der Waals surface area contributed by atoms with Gasteiger partial charge in [0.15, 0.2) is 0 Å². The van der Waals surface area contributed by atoms with Crippen LogP contribution < -0.4 is 11.1 Å². The van der Waals surface area contributed by atoms with Crippen LogP contribution in [0.2, 0.25) is 0 Å². The van der Waals surface area contributed by atoms with E-state index in [0.717, 1.165) is 16.5 Å². The molecule has 0 fully saturated rings. The van der Waals surface area contributed by atoms with Crippen LogP contribution >= 0.6 is 0 Å². The van der Waals surface area contributed by atoms with Gasteiger partial charge in [0.2, 0.25) is 0 Å². The summed E-state index contributed by atoms with van der Waals surface area (Å²) in [5.41, 5.74) is 7.39. The minimum absolute atomic E-state index is 0.348. The van der Waals surface area contributed by atoms with E-state index >= 15 is 0 Å². The van der Waals surface area contributed by atoms with Crippen molar-refractivity contribution in [3.05, 3.63) is 36.2 Å². The van der Waals surface area contributed by atoms with Crippen LogP contribution in [-0.2, 0) is 6.42 Å². The third-order valence-corrected chi connectivity index (χ3v) is 2.51. The van der Waals surface area contributed by atoms with Crippen molar-refractivity contribution in [2.24, 2.45) is 0 Å². The molecule has 5 heteroatoms. The summed E-state index contributed by atoms with van der Waals surface area (Å²) < 4.78 is 0. The SMILES string of the molecule is Nc1cccc2cnc(CCNC(=O)O)cc12. The molecular formula is C12H13N3O2. The third kappa shape index (κ3) is 2.63. The quantitative estimate of drug-likeness (QED) is 0.700. The number of nitrogens with two attached hydrogens (primary N) is 1. The summed E-state index contributed by atoms with van der Waals surface area (Å²) in [5.74, 6) is 0. The number of amides is 1. The Labute approximate surface area is 98.3 Å². The molecule has 1 aromatic heterocycles. The molecule has 1 amide bonds. The Hall–Kier alpha value is -2.30. The standard InChI is InChI=1S/C12H13N3O2/c13-11-3-1-2-8-7-15-9(6-10(8)11)4-5-14-12(16)17/h1-3,6-7,14H,4-5,13H2,(H,16,17). The number of nitrogen functional groups attached to an aromatic ring is 1. The molecule has 0 aliphatic carbocycles. The number of fused-ring (bicyclic) bond motifs is 1. The number of anilines is 1. The zero-order valence-electron chi connectivity index (χ0n) is 9.18. The summed E-state index contributed by atoms with van der Waals surface area (Å²) >= 11 is 0. The molecule has 0 aliphatic rings. The van der Waals surface area contributed by atoms with Crippen LogP contribution in [0, 0.1) is 0 Å². The average Bonchev–Trinajstić information content (AvgIpc) is 2.30. The van der Waals surface area contributed by atoms with Crippen molar-refractivity contribution >= 4 is 22.6 Å².